The zero-order chi connectivity index (χ0) is 17.7. The van der Waals surface area contributed by atoms with Gasteiger partial charge in [-0.1, -0.05) is 12.1 Å². The molecule has 0 aliphatic heterocycles. The maximum Gasteiger partial charge on any atom is 0.244 e. The zero-order valence-corrected chi connectivity index (χ0v) is 15.4. The van der Waals surface area contributed by atoms with Crippen molar-refractivity contribution in [3.8, 4) is 0 Å². The third-order valence-corrected chi connectivity index (χ3v) is 4.78. The zero-order valence-electron chi connectivity index (χ0n) is 13.7. The topological polar surface area (TPSA) is 75.3 Å². The Kier molecular flexibility index (Phi) is 5.80. The van der Waals surface area contributed by atoms with Gasteiger partial charge < -0.3 is 5.32 Å². The van der Waals surface area contributed by atoms with Gasteiger partial charge in [-0.3, -0.25) is 9.52 Å². The quantitative estimate of drug-likeness (QED) is 0.772. The Morgan fingerprint density at radius 2 is 2.00 bits per heavy atom. The number of nitrogens with one attached hydrogen (secondary N) is 2. The lowest BCUT2D eigenvalue weighted by atomic mass is 10.1. The number of benzene rings is 1. The van der Waals surface area contributed by atoms with E-state index >= 15 is 0 Å². The maximum absolute atomic E-state index is 12.0. The van der Waals surface area contributed by atoms with Crippen LogP contribution in [0.4, 0.5) is 5.69 Å². The van der Waals surface area contributed by atoms with E-state index in [4.69, 9.17) is 0 Å². The second-order valence-corrected chi connectivity index (χ2v) is 8.58. The summed E-state index contributed by atoms with van der Waals surface area (Å²) in [5, 5.41) is 2.86. The molecule has 0 aliphatic carbocycles. The Morgan fingerprint density at radius 1 is 1.25 bits per heavy atom. The molecule has 1 atom stereocenters. The number of carbonyl (C=O) groups is 1. The van der Waals surface area contributed by atoms with Crippen molar-refractivity contribution in [3.63, 3.8) is 0 Å². The molecule has 0 saturated heterocycles. The smallest absolute Gasteiger partial charge is 0.244 e. The van der Waals surface area contributed by atoms with Gasteiger partial charge in [0.25, 0.3) is 0 Å². The molecular formula is C17H20N2O3S2. The molecule has 5 nitrogen and oxygen atoms in total. The van der Waals surface area contributed by atoms with Gasteiger partial charge in [-0.2, -0.15) is 0 Å². The highest BCUT2D eigenvalue weighted by atomic mass is 32.2. The molecule has 1 aromatic carbocycles. The van der Waals surface area contributed by atoms with Gasteiger partial charge in [-0.15, -0.1) is 11.3 Å². The molecule has 7 heteroatoms. The number of amides is 1. The minimum atomic E-state index is -3.33. The van der Waals surface area contributed by atoms with Crippen molar-refractivity contribution < 1.29 is 13.2 Å². The molecule has 1 amide bonds. The first-order valence-electron chi connectivity index (χ1n) is 7.36. The highest BCUT2D eigenvalue weighted by Crippen LogP contribution is 2.19. The van der Waals surface area contributed by atoms with Gasteiger partial charge in [0.05, 0.1) is 12.3 Å². The van der Waals surface area contributed by atoms with Crippen LogP contribution >= 0.6 is 11.3 Å². The summed E-state index contributed by atoms with van der Waals surface area (Å²) in [6, 6.07) is 10.7. The van der Waals surface area contributed by atoms with Crippen LogP contribution in [0.25, 0.3) is 6.08 Å². The van der Waals surface area contributed by atoms with Gasteiger partial charge in [0.2, 0.25) is 15.9 Å². The van der Waals surface area contributed by atoms with Crippen molar-refractivity contribution in [3.05, 3.63) is 57.8 Å². The Balaban J connectivity index is 2.01. The van der Waals surface area contributed by atoms with Crippen molar-refractivity contribution >= 4 is 39.0 Å². The first-order chi connectivity index (χ1) is 11.2. The number of carbonyl (C=O) groups excluding carboxylic acids is 1. The lowest BCUT2D eigenvalue weighted by Gasteiger charge is -2.14. The van der Waals surface area contributed by atoms with Crippen molar-refractivity contribution in [2.75, 3.05) is 11.0 Å². The Bertz CT molecular complexity index is 854. The fourth-order valence-electron chi connectivity index (χ4n) is 2.13. The average molecular weight is 364 g/mol. The molecule has 128 valence electrons. The number of hydrogen-bond donors (Lipinski definition) is 2. The molecule has 0 fully saturated rings. The molecule has 24 heavy (non-hydrogen) atoms. The van der Waals surface area contributed by atoms with Gasteiger partial charge in [-0.25, -0.2) is 8.42 Å². The normalized spacial score (nSPS) is 13.0. The van der Waals surface area contributed by atoms with E-state index in [9.17, 15) is 13.2 Å². The van der Waals surface area contributed by atoms with Gasteiger partial charge in [0.15, 0.2) is 0 Å². The molecule has 0 bridgehead atoms. The predicted octanol–water partition coefficient (Wildman–Crippen LogP) is 3.32. The molecule has 2 rings (SSSR count). The van der Waals surface area contributed by atoms with Crippen molar-refractivity contribution in [1.29, 1.82) is 0 Å². The van der Waals surface area contributed by atoms with E-state index in [1.807, 2.05) is 32.0 Å². The van der Waals surface area contributed by atoms with Crippen LogP contribution in [-0.2, 0) is 14.8 Å². The van der Waals surface area contributed by atoms with E-state index in [2.05, 4.69) is 10.0 Å². The third-order valence-electron chi connectivity index (χ3n) is 3.21. The number of hydrogen-bond acceptors (Lipinski definition) is 4. The van der Waals surface area contributed by atoms with Crippen LogP contribution < -0.4 is 10.0 Å². The molecule has 0 radical (unpaired) electrons. The number of aryl methyl sites for hydroxylation is 1. The molecule has 1 unspecified atom stereocenters. The minimum absolute atomic E-state index is 0.199. The number of thiophene rings is 1. The van der Waals surface area contributed by atoms with Crippen LogP contribution in [0.5, 0.6) is 0 Å². The molecule has 1 heterocycles. The molecule has 0 aliphatic rings. The summed E-state index contributed by atoms with van der Waals surface area (Å²) in [6.45, 7) is 3.86. The average Bonchev–Trinajstić information content (AvgIpc) is 2.89. The van der Waals surface area contributed by atoms with Crippen LogP contribution in [0.3, 0.4) is 0 Å². The van der Waals surface area contributed by atoms with E-state index < -0.39 is 10.0 Å². The number of rotatable bonds is 6. The molecule has 1 aromatic heterocycles. The summed E-state index contributed by atoms with van der Waals surface area (Å²) >= 11 is 1.62. The lowest BCUT2D eigenvalue weighted by Crippen LogP contribution is -2.24. The SMILES string of the molecule is Cc1ccc(/C=C/C(=O)NC(C)c2cccc(NS(C)(=O)=O)c2)s1. The van der Waals surface area contributed by atoms with Gasteiger partial charge in [0.1, 0.15) is 0 Å². The van der Waals surface area contributed by atoms with Gasteiger partial charge in [-0.05, 0) is 49.8 Å². The predicted molar refractivity (Wildman–Crippen MR) is 99.6 cm³/mol. The lowest BCUT2D eigenvalue weighted by molar-refractivity contribution is -0.117. The highest BCUT2D eigenvalue weighted by Gasteiger charge is 2.09. The van der Waals surface area contributed by atoms with Crippen LogP contribution in [0.2, 0.25) is 0 Å². The van der Waals surface area contributed by atoms with Crippen molar-refractivity contribution in [2.24, 2.45) is 0 Å². The standard InChI is InChI=1S/C17H20N2O3S2/c1-12-7-8-16(23-12)9-10-17(20)18-13(2)14-5-4-6-15(11-14)19-24(3,21)22/h4-11,13,19H,1-3H3,(H,18,20)/b10-9+. The fraction of sp³-hybridized carbons (Fsp3) is 0.235. The molecule has 2 N–H and O–H groups in total. The van der Waals surface area contributed by atoms with Crippen LogP contribution in [0.1, 0.15) is 28.3 Å². The molecule has 0 spiro atoms. The molecular weight excluding hydrogens is 344 g/mol. The largest absolute Gasteiger partial charge is 0.346 e. The monoisotopic (exact) mass is 364 g/mol. The van der Waals surface area contributed by atoms with Crippen LogP contribution in [0.15, 0.2) is 42.5 Å². The summed E-state index contributed by atoms with van der Waals surface area (Å²) < 4.78 is 25.0. The van der Waals surface area contributed by atoms with Crippen molar-refractivity contribution in [2.45, 2.75) is 19.9 Å². The number of sulfonamides is 1. The summed E-state index contributed by atoms with van der Waals surface area (Å²) in [4.78, 5) is 14.2. The van der Waals surface area contributed by atoms with Gasteiger partial charge in [0, 0.05) is 21.5 Å². The van der Waals surface area contributed by atoms with E-state index in [0.717, 1.165) is 16.7 Å². The molecule has 2 aromatic rings. The van der Waals surface area contributed by atoms with E-state index in [1.54, 1.807) is 35.6 Å². The second kappa shape index (κ2) is 7.63. The van der Waals surface area contributed by atoms with E-state index in [-0.39, 0.29) is 11.9 Å². The summed E-state index contributed by atoms with van der Waals surface area (Å²) in [7, 11) is -3.33. The first kappa shape index (κ1) is 18.2. The summed E-state index contributed by atoms with van der Waals surface area (Å²) in [5.41, 5.74) is 1.29. The Hall–Kier alpha value is -2.12. The van der Waals surface area contributed by atoms with E-state index in [1.165, 1.54) is 11.0 Å². The maximum atomic E-state index is 12.0. The Morgan fingerprint density at radius 3 is 2.62 bits per heavy atom. The van der Waals surface area contributed by atoms with Crippen LogP contribution in [0, 0.1) is 6.92 Å². The number of anilines is 1. The van der Waals surface area contributed by atoms with Gasteiger partial charge >= 0.3 is 0 Å². The van der Waals surface area contributed by atoms with Crippen molar-refractivity contribution in [1.82, 2.24) is 5.32 Å². The van der Waals surface area contributed by atoms with E-state index in [0.29, 0.717) is 5.69 Å². The third kappa shape index (κ3) is 5.82. The first-order valence-corrected chi connectivity index (χ1v) is 10.1. The van der Waals surface area contributed by atoms with Crippen LogP contribution in [-0.4, -0.2) is 20.6 Å². The fourth-order valence-corrected chi connectivity index (χ4v) is 3.47. The summed E-state index contributed by atoms with van der Waals surface area (Å²) in [6.07, 6.45) is 4.38. The highest BCUT2D eigenvalue weighted by molar-refractivity contribution is 7.92. The second-order valence-electron chi connectivity index (χ2n) is 5.51. The Labute approximate surface area is 146 Å². The molecule has 0 saturated carbocycles. The minimum Gasteiger partial charge on any atom is -0.346 e. The summed E-state index contributed by atoms with van der Waals surface area (Å²) in [5.74, 6) is -0.199.